The van der Waals surface area contributed by atoms with Gasteiger partial charge in [0.05, 0.1) is 11.5 Å². The maximum Gasteiger partial charge on any atom is 0.152 e. The average molecular weight is 267 g/mol. The zero-order chi connectivity index (χ0) is 11.5. The molecule has 3 nitrogen and oxygen atoms in total. The number of hydrogen-bond acceptors (Lipinski definition) is 4. The molecule has 1 unspecified atom stereocenters. The first-order chi connectivity index (χ1) is 6.96. The fraction of sp³-hybridized carbons (Fsp3) is 0.889. The molecule has 88 valence electrons. The Balaban J connectivity index is 2.47. The Bertz CT molecular complexity index is 326. The van der Waals surface area contributed by atoms with E-state index in [1.807, 2.05) is 11.9 Å². The lowest BCUT2D eigenvalue weighted by Crippen LogP contribution is -2.35. The van der Waals surface area contributed by atoms with Crippen molar-refractivity contribution >= 4 is 38.1 Å². The molecule has 1 heterocycles. The van der Waals surface area contributed by atoms with Crippen LogP contribution in [-0.4, -0.2) is 48.0 Å². The fourth-order valence-electron chi connectivity index (χ4n) is 1.52. The van der Waals surface area contributed by atoms with Gasteiger partial charge >= 0.3 is 0 Å². The van der Waals surface area contributed by atoms with E-state index in [1.54, 1.807) is 11.8 Å². The van der Waals surface area contributed by atoms with Crippen molar-refractivity contribution < 1.29 is 8.42 Å². The molecule has 1 rings (SSSR count). The van der Waals surface area contributed by atoms with E-state index in [1.165, 1.54) is 0 Å². The molecule has 0 radical (unpaired) electrons. The smallest absolute Gasteiger partial charge is 0.152 e. The molecule has 15 heavy (non-hydrogen) atoms. The van der Waals surface area contributed by atoms with Gasteiger partial charge in [0.15, 0.2) is 9.84 Å². The molecule has 1 atom stereocenters. The molecule has 1 saturated heterocycles. The van der Waals surface area contributed by atoms with Gasteiger partial charge in [-0.05, 0) is 18.6 Å². The number of thiocarbonyl (C=S) groups is 1. The Morgan fingerprint density at radius 2 is 2.27 bits per heavy atom. The van der Waals surface area contributed by atoms with E-state index >= 15 is 0 Å². The van der Waals surface area contributed by atoms with Crippen LogP contribution in [0.3, 0.4) is 0 Å². The van der Waals surface area contributed by atoms with Crippen LogP contribution in [0.25, 0.3) is 0 Å². The molecule has 0 aromatic carbocycles. The van der Waals surface area contributed by atoms with E-state index in [4.69, 9.17) is 12.2 Å². The van der Waals surface area contributed by atoms with Crippen LogP contribution in [-0.2, 0) is 9.84 Å². The van der Waals surface area contributed by atoms with Crippen LogP contribution in [0.4, 0.5) is 0 Å². The summed E-state index contributed by atoms with van der Waals surface area (Å²) >= 11 is 6.88. The lowest BCUT2D eigenvalue weighted by Gasteiger charge is -2.25. The third-order valence-electron chi connectivity index (χ3n) is 2.47. The Kier molecular flexibility index (Phi) is 4.86. The molecule has 0 aromatic heterocycles. The molecule has 0 N–H and O–H groups in total. The van der Waals surface area contributed by atoms with Gasteiger partial charge < -0.3 is 4.90 Å². The quantitative estimate of drug-likeness (QED) is 0.725. The summed E-state index contributed by atoms with van der Waals surface area (Å²) < 4.78 is 23.4. The Morgan fingerprint density at radius 1 is 1.60 bits per heavy atom. The van der Waals surface area contributed by atoms with Gasteiger partial charge in [-0.15, -0.1) is 0 Å². The van der Waals surface area contributed by atoms with Crippen LogP contribution in [0, 0.1) is 0 Å². The van der Waals surface area contributed by atoms with Crippen molar-refractivity contribution in [1.29, 1.82) is 0 Å². The molecule has 1 aliphatic heterocycles. The minimum Gasteiger partial charge on any atom is -0.357 e. The summed E-state index contributed by atoms with van der Waals surface area (Å²) in [5.74, 6) is 1.57. The van der Waals surface area contributed by atoms with E-state index in [-0.39, 0.29) is 11.8 Å². The van der Waals surface area contributed by atoms with Gasteiger partial charge in [-0.2, -0.15) is 0 Å². The molecule has 0 spiro atoms. The highest BCUT2D eigenvalue weighted by molar-refractivity contribution is 8.22. The van der Waals surface area contributed by atoms with Crippen LogP contribution in [0.15, 0.2) is 0 Å². The van der Waals surface area contributed by atoms with Crippen molar-refractivity contribution in [2.24, 2.45) is 0 Å². The SMILES string of the molecule is CCCSC(=S)N(C)C1CCS(=O)(=O)C1. The van der Waals surface area contributed by atoms with Crippen LogP contribution in [0.5, 0.6) is 0 Å². The van der Waals surface area contributed by atoms with Crippen LogP contribution in [0.2, 0.25) is 0 Å². The molecule has 0 aliphatic carbocycles. The highest BCUT2D eigenvalue weighted by Crippen LogP contribution is 2.20. The summed E-state index contributed by atoms with van der Waals surface area (Å²) in [7, 11) is -0.906. The Hall–Kier alpha value is 0.190. The van der Waals surface area contributed by atoms with Crippen LogP contribution >= 0.6 is 24.0 Å². The largest absolute Gasteiger partial charge is 0.357 e. The van der Waals surface area contributed by atoms with Gasteiger partial charge in [0.1, 0.15) is 4.32 Å². The third-order valence-corrected chi connectivity index (χ3v) is 6.01. The van der Waals surface area contributed by atoms with Crippen molar-refractivity contribution in [3.05, 3.63) is 0 Å². The Morgan fingerprint density at radius 3 is 2.73 bits per heavy atom. The molecule has 0 saturated carbocycles. The van der Waals surface area contributed by atoms with E-state index in [2.05, 4.69) is 6.92 Å². The Labute approximate surface area is 102 Å². The fourth-order valence-corrected chi connectivity index (χ4v) is 4.43. The van der Waals surface area contributed by atoms with E-state index in [9.17, 15) is 8.42 Å². The second-order valence-corrected chi connectivity index (χ2v) is 7.74. The first-order valence-electron chi connectivity index (χ1n) is 5.06. The molecule has 6 heteroatoms. The summed E-state index contributed by atoms with van der Waals surface area (Å²) in [6, 6.07) is 0.0897. The first-order valence-corrected chi connectivity index (χ1v) is 8.28. The predicted molar refractivity (Wildman–Crippen MR) is 70.2 cm³/mol. The van der Waals surface area contributed by atoms with Gasteiger partial charge in [0.25, 0.3) is 0 Å². The topological polar surface area (TPSA) is 37.4 Å². The number of nitrogens with zero attached hydrogens (tertiary/aromatic N) is 1. The average Bonchev–Trinajstić information content (AvgIpc) is 2.54. The van der Waals surface area contributed by atoms with Crippen molar-refractivity contribution in [1.82, 2.24) is 4.90 Å². The van der Waals surface area contributed by atoms with Crippen molar-refractivity contribution in [2.45, 2.75) is 25.8 Å². The predicted octanol–water partition coefficient (Wildman–Crippen LogP) is 1.53. The summed E-state index contributed by atoms with van der Waals surface area (Å²) in [6.45, 7) is 2.11. The van der Waals surface area contributed by atoms with E-state index in [0.29, 0.717) is 12.2 Å². The molecule has 0 amide bonds. The standard InChI is InChI=1S/C9H17NO2S3/c1-3-5-14-9(13)10(2)8-4-6-15(11,12)7-8/h8H,3-7H2,1-2H3. The maximum absolute atomic E-state index is 11.3. The summed E-state index contributed by atoms with van der Waals surface area (Å²) in [6.07, 6.45) is 1.80. The van der Waals surface area contributed by atoms with Gasteiger partial charge in [-0.3, -0.25) is 0 Å². The first kappa shape index (κ1) is 13.3. The third kappa shape index (κ3) is 3.92. The summed E-state index contributed by atoms with van der Waals surface area (Å²) in [5.41, 5.74) is 0. The minimum absolute atomic E-state index is 0.0897. The van der Waals surface area contributed by atoms with Crippen LogP contribution < -0.4 is 0 Å². The monoisotopic (exact) mass is 267 g/mol. The highest BCUT2D eigenvalue weighted by Gasteiger charge is 2.31. The molecule has 0 aromatic rings. The number of sulfone groups is 1. The zero-order valence-corrected chi connectivity index (χ0v) is 11.6. The number of thioether (sulfide) groups is 1. The normalized spacial score (nSPS) is 24.0. The van der Waals surface area contributed by atoms with Gasteiger partial charge in [0.2, 0.25) is 0 Å². The van der Waals surface area contributed by atoms with Gasteiger partial charge in [0, 0.05) is 13.1 Å². The second kappa shape index (κ2) is 5.50. The van der Waals surface area contributed by atoms with E-state index in [0.717, 1.165) is 16.5 Å². The van der Waals surface area contributed by atoms with Gasteiger partial charge in [-0.1, -0.05) is 30.9 Å². The molecule has 0 bridgehead atoms. The highest BCUT2D eigenvalue weighted by atomic mass is 32.2. The zero-order valence-electron chi connectivity index (χ0n) is 9.10. The van der Waals surface area contributed by atoms with Crippen molar-refractivity contribution in [3.63, 3.8) is 0 Å². The molecular formula is C9H17NO2S3. The number of rotatable bonds is 3. The number of hydrogen-bond donors (Lipinski definition) is 0. The summed E-state index contributed by atoms with van der Waals surface area (Å²) in [5, 5.41) is 0. The van der Waals surface area contributed by atoms with Crippen molar-refractivity contribution in [2.75, 3.05) is 24.3 Å². The molecular weight excluding hydrogens is 250 g/mol. The summed E-state index contributed by atoms with van der Waals surface area (Å²) in [4.78, 5) is 1.94. The van der Waals surface area contributed by atoms with Gasteiger partial charge in [-0.25, -0.2) is 8.42 Å². The lowest BCUT2D eigenvalue weighted by atomic mass is 10.2. The minimum atomic E-state index is -2.81. The molecule has 1 fully saturated rings. The lowest BCUT2D eigenvalue weighted by molar-refractivity contribution is 0.409. The maximum atomic E-state index is 11.3. The molecule has 1 aliphatic rings. The second-order valence-electron chi connectivity index (χ2n) is 3.78. The van der Waals surface area contributed by atoms with Crippen molar-refractivity contribution in [3.8, 4) is 0 Å². The van der Waals surface area contributed by atoms with Crippen LogP contribution in [0.1, 0.15) is 19.8 Å². The van der Waals surface area contributed by atoms with E-state index < -0.39 is 9.84 Å².